The summed E-state index contributed by atoms with van der Waals surface area (Å²) in [7, 11) is -1.42. The number of rotatable bonds is 10. The minimum atomic E-state index is -2.78. The molecule has 31 heavy (non-hydrogen) atoms. The molecule has 7 heteroatoms. The van der Waals surface area contributed by atoms with E-state index >= 15 is 0 Å². The van der Waals surface area contributed by atoms with Gasteiger partial charge in [-0.1, -0.05) is 81.4 Å². The third-order valence-corrected chi connectivity index (χ3v) is 10.6. The molecule has 3 atom stereocenters. The fourth-order valence-electron chi connectivity index (χ4n) is 3.77. The van der Waals surface area contributed by atoms with Gasteiger partial charge in [-0.25, -0.2) is 0 Å². The molecule has 6 nitrogen and oxygen atoms in total. The van der Waals surface area contributed by atoms with Crippen molar-refractivity contribution in [2.24, 2.45) is 5.73 Å². The van der Waals surface area contributed by atoms with Crippen molar-refractivity contribution in [3.8, 4) is 0 Å². The molecule has 0 saturated carbocycles. The second kappa shape index (κ2) is 11.0. The van der Waals surface area contributed by atoms with Crippen molar-refractivity contribution in [1.82, 2.24) is 5.32 Å². The zero-order chi connectivity index (χ0) is 23.1. The number of carbonyl (C=O) groups excluding carboxylic acids is 1. The number of hydrogen-bond donors (Lipinski definition) is 3. The highest BCUT2D eigenvalue weighted by Gasteiger charge is 2.50. The molecule has 0 aliphatic carbocycles. The number of benzene rings is 2. The molecule has 0 spiro atoms. The molecule has 0 amide bonds. The van der Waals surface area contributed by atoms with Crippen molar-refractivity contribution in [3.05, 3.63) is 60.7 Å². The summed E-state index contributed by atoms with van der Waals surface area (Å²) >= 11 is 0. The summed E-state index contributed by atoms with van der Waals surface area (Å²) in [6, 6.07) is 19.3. The molecule has 0 radical (unpaired) electrons. The summed E-state index contributed by atoms with van der Waals surface area (Å²) in [5.74, 6) is -0.421. The van der Waals surface area contributed by atoms with E-state index in [4.69, 9.17) is 14.9 Å². The van der Waals surface area contributed by atoms with Gasteiger partial charge in [0, 0.05) is 12.6 Å². The molecule has 0 aliphatic rings. The Morgan fingerprint density at radius 1 is 1.06 bits per heavy atom. The molecule has 0 aromatic heterocycles. The molecule has 1 unspecified atom stereocenters. The van der Waals surface area contributed by atoms with Crippen LogP contribution >= 0.6 is 0 Å². The average Bonchev–Trinajstić information content (AvgIpc) is 2.75. The van der Waals surface area contributed by atoms with Crippen molar-refractivity contribution in [2.75, 3.05) is 20.3 Å². The van der Waals surface area contributed by atoms with E-state index in [0.717, 1.165) is 10.4 Å². The van der Waals surface area contributed by atoms with Crippen molar-refractivity contribution < 1.29 is 19.1 Å². The minimum absolute atomic E-state index is 0.131. The quantitative estimate of drug-likeness (QED) is 0.379. The van der Waals surface area contributed by atoms with Crippen LogP contribution in [0.5, 0.6) is 0 Å². The summed E-state index contributed by atoms with van der Waals surface area (Å²) < 4.78 is 11.8. The lowest BCUT2D eigenvalue weighted by atomic mass is 10.2. The highest BCUT2D eigenvalue weighted by Crippen LogP contribution is 2.36. The van der Waals surface area contributed by atoms with E-state index in [1.54, 1.807) is 6.92 Å². The number of hydrogen-bond acceptors (Lipinski definition) is 6. The standard InChI is InChI=1S/C24H36N2O4Si/c1-18(27)21(25)16-26-22(23(28)29-5)17-30-31(24(2,3)4,19-12-8-6-9-13-19)20-14-10-7-11-15-20/h6-15,18,21-22,26-27H,16-17,25H2,1-5H3/t18-,21-,22?/m1/s1. The zero-order valence-corrected chi connectivity index (χ0v) is 20.2. The summed E-state index contributed by atoms with van der Waals surface area (Å²) in [6.45, 7) is 8.57. The van der Waals surface area contributed by atoms with Crippen LogP contribution in [0.15, 0.2) is 60.7 Å². The van der Waals surface area contributed by atoms with Crippen molar-refractivity contribution in [1.29, 1.82) is 0 Å². The van der Waals surface area contributed by atoms with Crippen LogP contribution in [0, 0.1) is 0 Å². The Bertz CT molecular complexity index is 770. The van der Waals surface area contributed by atoms with Crippen LogP contribution in [-0.2, 0) is 14.0 Å². The Morgan fingerprint density at radius 3 is 1.94 bits per heavy atom. The van der Waals surface area contributed by atoms with Crippen LogP contribution in [0.2, 0.25) is 5.04 Å². The number of esters is 1. The van der Waals surface area contributed by atoms with Crippen molar-refractivity contribution >= 4 is 24.7 Å². The van der Waals surface area contributed by atoms with Gasteiger partial charge in [0.05, 0.1) is 19.8 Å². The Morgan fingerprint density at radius 2 is 1.55 bits per heavy atom. The fraction of sp³-hybridized carbons (Fsp3) is 0.458. The molecule has 2 aromatic rings. The molecular formula is C24H36N2O4Si. The van der Waals surface area contributed by atoms with Crippen LogP contribution in [0.25, 0.3) is 0 Å². The summed E-state index contributed by atoms with van der Waals surface area (Å²) in [5, 5.41) is 14.9. The Kier molecular flexibility index (Phi) is 8.97. The number of ether oxygens (including phenoxy) is 1. The maximum Gasteiger partial charge on any atom is 0.325 e. The van der Waals surface area contributed by atoms with E-state index in [1.165, 1.54) is 7.11 Å². The number of aliphatic hydroxyl groups excluding tert-OH is 1. The number of methoxy groups -OCH3 is 1. The molecule has 2 rings (SSSR count). The van der Waals surface area contributed by atoms with Crippen LogP contribution < -0.4 is 21.4 Å². The smallest absolute Gasteiger partial charge is 0.325 e. The van der Waals surface area contributed by atoms with Crippen LogP contribution in [-0.4, -0.2) is 57.8 Å². The number of nitrogens with one attached hydrogen (secondary N) is 1. The van der Waals surface area contributed by atoms with Gasteiger partial charge in [-0.15, -0.1) is 0 Å². The van der Waals surface area contributed by atoms with Crippen LogP contribution in [0.3, 0.4) is 0 Å². The molecular weight excluding hydrogens is 408 g/mol. The van der Waals surface area contributed by atoms with Gasteiger partial charge >= 0.3 is 5.97 Å². The second-order valence-electron chi connectivity index (χ2n) is 8.86. The molecule has 0 aliphatic heterocycles. The molecule has 4 N–H and O–H groups in total. The predicted molar refractivity (Wildman–Crippen MR) is 127 cm³/mol. The Balaban J connectivity index is 2.43. The van der Waals surface area contributed by atoms with Crippen LogP contribution in [0.1, 0.15) is 27.7 Å². The van der Waals surface area contributed by atoms with Gasteiger partial charge in [0.1, 0.15) is 6.04 Å². The highest BCUT2D eigenvalue weighted by molar-refractivity contribution is 6.99. The van der Waals surface area contributed by atoms with E-state index in [2.05, 4.69) is 50.4 Å². The largest absolute Gasteiger partial charge is 0.468 e. The van der Waals surface area contributed by atoms with E-state index in [1.807, 2.05) is 36.4 Å². The lowest BCUT2D eigenvalue weighted by Gasteiger charge is -2.43. The minimum Gasteiger partial charge on any atom is -0.468 e. The summed E-state index contributed by atoms with van der Waals surface area (Å²) in [6.07, 6.45) is -0.691. The first kappa shape index (κ1) is 25.2. The van der Waals surface area contributed by atoms with Gasteiger partial charge in [-0.05, 0) is 22.3 Å². The first-order valence-electron chi connectivity index (χ1n) is 10.6. The first-order chi connectivity index (χ1) is 14.6. The third kappa shape index (κ3) is 6.02. The van der Waals surface area contributed by atoms with Gasteiger partial charge < -0.3 is 25.3 Å². The van der Waals surface area contributed by atoms with Crippen molar-refractivity contribution in [2.45, 2.75) is 50.9 Å². The zero-order valence-electron chi connectivity index (χ0n) is 19.2. The molecule has 0 heterocycles. The Labute approximate surface area is 186 Å². The number of nitrogens with two attached hydrogens (primary N) is 1. The van der Waals surface area contributed by atoms with Gasteiger partial charge in [-0.2, -0.15) is 0 Å². The molecule has 2 aromatic carbocycles. The van der Waals surface area contributed by atoms with Gasteiger partial charge in [0.2, 0.25) is 0 Å². The average molecular weight is 445 g/mol. The summed E-state index contributed by atoms with van der Waals surface area (Å²) in [5.41, 5.74) is 5.94. The second-order valence-corrected chi connectivity index (χ2v) is 13.2. The number of aliphatic hydroxyl groups is 1. The SMILES string of the molecule is COC(=O)C(CO[Si](c1ccccc1)(c1ccccc1)C(C)(C)C)NC[C@@H](N)[C@@H](C)O. The monoisotopic (exact) mass is 444 g/mol. The fourth-order valence-corrected chi connectivity index (χ4v) is 8.34. The van der Waals surface area contributed by atoms with E-state index in [-0.39, 0.29) is 18.2 Å². The third-order valence-electron chi connectivity index (χ3n) is 5.59. The predicted octanol–water partition coefficient (Wildman–Crippen LogP) is 1.40. The van der Waals surface area contributed by atoms with E-state index in [0.29, 0.717) is 0 Å². The van der Waals surface area contributed by atoms with Crippen molar-refractivity contribution in [3.63, 3.8) is 0 Å². The van der Waals surface area contributed by atoms with Crippen LogP contribution in [0.4, 0.5) is 0 Å². The molecule has 0 bridgehead atoms. The van der Waals surface area contributed by atoms with Gasteiger partial charge in [0.25, 0.3) is 8.32 Å². The van der Waals surface area contributed by atoms with E-state index in [9.17, 15) is 9.90 Å². The first-order valence-corrected chi connectivity index (χ1v) is 12.5. The lowest BCUT2D eigenvalue weighted by molar-refractivity contribution is -0.144. The van der Waals surface area contributed by atoms with Gasteiger partial charge in [-0.3, -0.25) is 4.79 Å². The lowest BCUT2D eigenvalue weighted by Crippen LogP contribution is -2.67. The van der Waals surface area contributed by atoms with E-state index < -0.39 is 32.5 Å². The number of carbonyl (C=O) groups is 1. The normalized spacial score (nSPS) is 15.2. The molecule has 0 saturated heterocycles. The summed E-state index contributed by atoms with van der Waals surface area (Å²) in [4.78, 5) is 12.5. The molecule has 0 fully saturated rings. The maximum absolute atomic E-state index is 12.5. The maximum atomic E-state index is 12.5. The topological polar surface area (TPSA) is 93.8 Å². The highest BCUT2D eigenvalue weighted by atomic mass is 28.4. The Hall–Kier alpha value is -2.03. The molecule has 170 valence electrons. The van der Waals surface area contributed by atoms with Gasteiger partial charge in [0.15, 0.2) is 0 Å².